The third-order valence-electron chi connectivity index (χ3n) is 3.77. The molecule has 15 heavy (non-hydrogen) atoms. The molecule has 86 valence electrons. The zero-order valence-electron chi connectivity index (χ0n) is 9.35. The van der Waals surface area contributed by atoms with Crippen LogP contribution in [0.2, 0.25) is 0 Å². The maximum absolute atomic E-state index is 10.8. The smallest absolute Gasteiger partial charge is 0.307 e. The Hall–Kier alpha value is -0.610. The number of nitrogens with zero attached hydrogens (tertiary/aromatic N) is 2. The van der Waals surface area contributed by atoms with Gasteiger partial charge in [-0.15, -0.1) is 0 Å². The van der Waals surface area contributed by atoms with Crippen LogP contribution in [-0.2, 0) is 4.79 Å². The zero-order chi connectivity index (χ0) is 10.8. The molecule has 2 aliphatic rings. The molecule has 2 fully saturated rings. The predicted molar refractivity (Wildman–Crippen MR) is 57.8 cm³/mol. The summed E-state index contributed by atoms with van der Waals surface area (Å²) in [6.07, 6.45) is 3.23. The number of aliphatic carboxylic acids is 1. The Balaban J connectivity index is 1.83. The summed E-state index contributed by atoms with van der Waals surface area (Å²) in [6, 6.07) is 0.630. The molecule has 2 aliphatic heterocycles. The van der Waals surface area contributed by atoms with Crippen molar-refractivity contribution < 1.29 is 9.90 Å². The van der Waals surface area contributed by atoms with Gasteiger partial charge in [0.15, 0.2) is 0 Å². The van der Waals surface area contributed by atoms with E-state index in [-0.39, 0.29) is 5.92 Å². The van der Waals surface area contributed by atoms with Crippen LogP contribution < -0.4 is 0 Å². The second kappa shape index (κ2) is 4.49. The average Bonchev–Trinajstić information content (AvgIpc) is 2.68. The van der Waals surface area contributed by atoms with Crippen molar-refractivity contribution in [2.24, 2.45) is 5.92 Å². The van der Waals surface area contributed by atoms with Gasteiger partial charge in [0.05, 0.1) is 5.92 Å². The summed E-state index contributed by atoms with van der Waals surface area (Å²) >= 11 is 0. The number of carboxylic acid groups (broad SMARTS) is 1. The number of hydrogen-bond donors (Lipinski definition) is 1. The molecule has 4 heteroatoms. The summed E-state index contributed by atoms with van der Waals surface area (Å²) < 4.78 is 0. The Kier molecular flexibility index (Phi) is 3.26. The van der Waals surface area contributed by atoms with Crippen molar-refractivity contribution in [3.63, 3.8) is 0 Å². The Morgan fingerprint density at radius 1 is 1.20 bits per heavy atom. The van der Waals surface area contributed by atoms with Gasteiger partial charge in [-0.2, -0.15) is 0 Å². The van der Waals surface area contributed by atoms with Gasteiger partial charge in [0.2, 0.25) is 0 Å². The molecular weight excluding hydrogens is 192 g/mol. The lowest BCUT2D eigenvalue weighted by atomic mass is 10.0. The number of carbonyl (C=O) groups is 1. The van der Waals surface area contributed by atoms with Crippen LogP contribution >= 0.6 is 0 Å². The fraction of sp³-hybridized carbons (Fsp3) is 0.909. The molecule has 2 rings (SSSR count). The topological polar surface area (TPSA) is 43.8 Å². The molecule has 0 spiro atoms. The zero-order valence-corrected chi connectivity index (χ0v) is 9.35. The van der Waals surface area contributed by atoms with Crippen LogP contribution in [0, 0.1) is 5.92 Å². The maximum Gasteiger partial charge on any atom is 0.307 e. The highest BCUT2D eigenvalue weighted by Crippen LogP contribution is 2.23. The number of rotatable bonds is 2. The summed E-state index contributed by atoms with van der Waals surface area (Å²) in [6.45, 7) is 4.05. The molecule has 0 aromatic heterocycles. The molecule has 4 nitrogen and oxygen atoms in total. The van der Waals surface area contributed by atoms with Crippen molar-refractivity contribution in [1.29, 1.82) is 0 Å². The highest BCUT2D eigenvalue weighted by molar-refractivity contribution is 5.70. The largest absolute Gasteiger partial charge is 0.481 e. The van der Waals surface area contributed by atoms with E-state index in [2.05, 4.69) is 16.8 Å². The van der Waals surface area contributed by atoms with Crippen LogP contribution in [0.4, 0.5) is 0 Å². The fourth-order valence-corrected chi connectivity index (χ4v) is 2.68. The van der Waals surface area contributed by atoms with E-state index in [1.54, 1.807) is 0 Å². The summed E-state index contributed by atoms with van der Waals surface area (Å²) in [5, 5.41) is 8.94. The molecule has 1 atom stereocenters. The van der Waals surface area contributed by atoms with Crippen LogP contribution in [0.1, 0.15) is 19.3 Å². The van der Waals surface area contributed by atoms with Crippen LogP contribution in [0.15, 0.2) is 0 Å². The second-order valence-corrected chi connectivity index (χ2v) is 4.85. The van der Waals surface area contributed by atoms with Gasteiger partial charge < -0.3 is 10.0 Å². The lowest BCUT2D eigenvalue weighted by Gasteiger charge is -2.34. The number of hydrogen-bond acceptors (Lipinski definition) is 3. The fourth-order valence-electron chi connectivity index (χ4n) is 2.68. The molecule has 0 aliphatic carbocycles. The first-order chi connectivity index (χ1) is 7.16. The van der Waals surface area contributed by atoms with E-state index in [9.17, 15) is 4.79 Å². The first kappa shape index (κ1) is 10.9. The number of piperidine rings is 1. The van der Waals surface area contributed by atoms with Crippen molar-refractivity contribution in [2.45, 2.75) is 25.3 Å². The molecule has 0 saturated carbocycles. The van der Waals surface area contributed by atoms with Crippen molar-refractivity contribution in [1.82, 2.24) is 9.80 Å². The Morgan fingerprint density at radius 2 is 1.87 bits per heavy atom. The van der Waals surface area contributed by atoms with Gasteiger partial charge in [-0.1, -0.05) is 0 Å². The highest BCUT2D eigenvalue weighted by atomic mass is 16.4. The summed E-state index contributed by atoms with van der Waals surface area (Å²) in [5.74, 6) is -0.741. The van der Waals surface area contributed by atoms with E-state index < -0.39 is 5.97 Å². The standard InChI is InChI=1S/C11H20N2O2/c1-12-5-3-10(4-6-12)13-7-2-9(8-13)11(14)15/h9-10H,2-8H2,1H3,(H,14,15). The molecular formula is C11H20N2O2. The predicted octanol–water partition coefficient (Wildman–Crippen LogP) is 0.487. The van der Waals surface area contributed by atoms with Gasteiger partial charge >= 0.3 is 5.97 Å². The molecule has 2 saturated heterocycles. The molecule has 0 aromatic rings. The minimum atomic E-state index is -0.620. The molecule has 1 unspecified atom stereocenters. The van der Waals surface area contributed by atoms with E-state index in [0.29, 0.717) is 6.04 Å². The van der Waals surface area contributed by atoms with Crippen LogP contribution in [-0.4, -0.2) is 60.1 Å². The van der Waals surface area contributed by atoms with Gasteiger partial charge in [0, 0.05) is 12.6 Å². The second-order valence-electron chi connectivity index (χ2n) is 4.85. The Labute approximate surface area is 90.9 Å². The molecule has 0 bridgehead atoms. The normalized spacial score (nSPS) is 30.9. The molecule has 0 amide bonds. The SMILES string of the molecule is CN1CCC(N2CCC(C(=O)O)C2)CC1. The first-order valence-electron chi connectivity index (χ1n) is 5.82. The highest BCUT2D eigenvalue weighted by Gasteiger charge is 2.33. The number of likely N-dealkylation sites (tertiary alicyclic amines) is 2. The third kappa shape index (κ3) is 2.49. The van der Waals surface area contributed by atoms with E-state index >= 15 is 0 Å². The van der Waals surface area contributed by atoms with E-state index in [1.165, 1.54) is 12.8 Å². The van der Waals surface area contributed by atoms with E-state index in [4.69, 9.17) is 5.11 Å². The quantitative estimate of drug-likeness (QED) is 0.723. The maximum atomic E-state index is 10.8. The van der Waals surface area contributed by atoms with Gasteiger partial charge in [0.25, 0.3) is 0 Å². The summed E-state index contributed by atoms with van der Waals surface area (Å²) in [7, 11) is 2.15. The Bertz CT molecular complexity index is 237. The van der Waals surface area contributed by atoms with Gasteiger partial charge in [-0.3, -0.25) is 9.69 Å². The van der Waals surface area contributed by atoms with Crippen molar-refractivity contribution in [2.75, 3.05) is 33.2 Å². The molecule has 0 aromatic carbocycles. The first-order valence-corrected chi connectivity index (χ1v) is 5.82. The number of carboxylic acids is 1. The van der Waals surface area contributed by atoms with Crippen molar-refractivity contribution in [3.05, 3.63) is 0 Å². The lowest BCUT2D eigenvalue weighted by molar-refractivity contribution is -0.141. The van der Waals surface area contributed by atoms with E-state index in [0.717, 1.165) is 32.6 Å². The van der Waals surface area contributed by atoms with Gasteiger partial charge in [-0.05, 0) is 45.9 Å². The molecule has 1 N–H and O–H groups in total. The summed E-state index contributed by atoms with van der Waals surface area (Å²) in [5.41, 5.74) is 0. The van der Waals surface area contributed by atoms with Crippen LogP contribution in [0.25, 0.3) is 0 Å². The van der Waals surface area contributed by atoms with Crippen molar-refractivity contribution >= 4 is 5.97 Å². The van der Waals surface area contributed by atoms with E-state index in [1.807, 2.05) is 0 Å². The minimum absolute atomic E-state index is 0.121. The van der Waals surface area contributed by atoms with Gasteiger partial charge in [-0.25, -0.2) is 0 Å². The average molecular weight is 212 g/mol. The lowest BCUT2D eigenvalue weighted by Crippen LogP contribution is -2.42. The monoisotopic (exact) mass is 212 g/mol. The summed E-state index contributed by atoms with van der Waals surface area (Å²) in [4.78, 5) is 15.6. The molecule has 0 radical (unpaired) electrons. The Morgan fingerprint density at radius 3 is 2.40 bits per heavy atom. The molecule has 2 heterocycles. The minimum Gasteiger partial charge on any atom is -0.481 e. The van der Waals surface area contributed by atoms with Gasteiger partial charge in [0.1, 0.15) is 0 Å². The van der Waals surface area contributed by atoms with Crippen LogP contribution in [0.5, 0.6) is 0 Å². The third-order valence-corrected chi connectivity index (χ3v) is 3.77. The van der Waals surface area contributed by atoms with Crippen LogP contribution in [0.3, 0.4) is 0 Å². The van der Waals surface area contributed by atoms with Crippen molar-refractivity contribution in [3.8, 4) is 0 Å².